The van der Waals surface area contributed by atoms with Gasteiger partial charge in [0.2, 0.25) is 0 Å². The van der Waals surface area contributed by atoms with Crippen molar-refractivity contribution in [2.75, 3.05) is 31.1 Å². The molecular formula is C23H39ClFN3O. The topological polar surface area (TPSA) is 35.6 Å². The monoisotopic (exact) mass is 427 g/mol. The zero-order valence-corrected chi connectivity index (χ0v) is 19.0. The highest BCUT2D eigenvalue weighted by molar-refractivity contribution is 5.85. The summed E-state index contributed by atoms with van der Waals surface area (Å²) in [5.41, 5.74) is 1.04. The lowest BCUT2D eigenvalue weighted by atomic mass is 10.0. The number of nitrogens with zero attached hydrogens (tertiary/aromatic N) is 2. The number of piperazine rings is 1. The van der Waals surface area contributed by atoms with Gasteiger partial charge in [0, 0.05) is 31.9 Å². The van der Waals surface area contributed by atoms with Crippen molar-refractivity contribution in [2.24, 2.45) is 0 Å². The van der Waals surface area contributed by atoms with Crippen molar-refractivity contribution >= 4 is 24.1 Å². The predicted octanol–water partition coefficient (Wildman–Crippen LogP) is 6.00. The van der Waals surface area contributed by atoms with Gasteiger partial charge in [-0.2, -0.15) is 0 Å². The lowest BCUT2D eigenvalue weighted by molar-refractivity contribution is 0.160. The molecule has 1 N–H and O–H groups in total. The van der Waals surface area contributed by atoms with Crippen molar-refractivity contribution in [3.05, 3.63) is 30.1 Å². The highest BCUT2D eigenvalue weighted by atomic mass is 35.5. The van der Waals surface area contributed by atoms with E-state index < -0.39 is 0 Å². The van der Waals surface area contributed by atoms with Crippen LogP contribution in [0.3, 0.4) is 0 Å². The Bertz CT molecular complexity index is 570. The number of urea groups is 1. The molecule has 1 aliphatic heterocycles. The second-order valence-electron chi connectivity index (χ2n) is 7.91. The smallest absolute Gasteiger partial charge is 0.317 e. The molecule has 0 saturated carbocycles. The van der Waals surface area contributed by atoms with Crippen LogP contribution in [0.15, 0.2) is 24.3 Å². The molecule has 6 heteroatoms. The van der Waals surface area contributed by atoms with Crippen LogP contribution in [0.2, 0.25) is 0 Å². The van der Waals surface area contributed by atoms with Gasteiger partial charge in [-0.15, -0.1) is 12.4 Å². The number of nitrogens with one attached hydrogen (secondary N) is 1. The van der Waals surface area contributed by atoms with Crippen LogP contribution in [0.4, 0.5) is 14.9 Å². The lowest BCUT2D eigenvalue weighted by Crippen LogP contribution is -2.57. The van der Waals surface area contributed by atoms with Crippen molar-refractivity contribution in [2.45, 2.75) is 77.7 Å². The fourth-order valence-corrected chi connectivity index (χ4v) is 3.90. The van der Waals surface area contributed by atoms with E-state index >= 15 is 0 Å². The van der Waals surface area contributed by atoms with Crippen LogP contribution in [0.5, 0.6) is 0 Å². The van der Waals surface area contributed by atoms with E-state index in [-0.39, 0.29) is 30.3 Å². The van der Waals surface area contributed by atoms with Crippen molar-refractivity contribution in [1.29, 1.82) is 0 Å². The van der Waals surface area contributed by atoms with E-state index in [1.54, 1.807) is 0 Å². The number of carbonyl (C=O) groups excluding carboxylic acids is 1. The Morgan fingerprint density at radius 2 is 1.66 bits per heavy atom. The third-order valence-electron chi connectivity index (χ3n) is 5.63. The first kappa shape index (κ1) is 25.5. The van der Waals surface area contributed by atoms with E-state index in [4.69, 9.17) is 0 Å². The van der Waals surface area contributed by atoms with Crippen LogP contribution in [0, 0.1) is 5.82 Å². The molecule has 0 bridgehead atoms. The van der Waals surface area contributed by atoms with E-state index in [9.17, 15) is 9.18 Å². The fraction of sp³-hybridized carbons (Fsp3) is 0.696. The predicted molar refractivity (Wildman–Crippen MR) is 123 cm³/mol. The molecule has 0 radical (unpaired) electrons. The Labute approximate surface area is 182 Å². The van der Waals surface area contributed by atoms with Gasteiger partial charge in [-0.05, 0) is 37.1 Å². The summed E-state index contributed by atoms with van der Waals surface area (Å²) in [5.74, 6) is -0.209. The zero-order valence-electron chi connectivity index (χ0n) is 18.2. The molecule has 1 aliphatic rings. The van der Waals surface area contributed by atoms with E-state index in [1.165, 1.54) is 44.2 Å². The molecule has 29 heavy (non-hydrogen) atoms. The fourth-order valence-electron chi connectivity index (χ4n) is 3.90. The molecule has 1 fully saturated rings. The third-order valence-corrected chi connectivity index (χ3v) is 5.63. The van der Waals surface area contributed by atoms with Gasteiger partial charge < -0.3 is 15.1 Å². The van der Waals surface area contributed by atoms with Crippen molar-refractivity contribution in [3.8, 4) is 0 Å². The number of hydrogen-bond acceptors (Lipinski definition) is 2. The van der Waals surface area contributed by atoms with Gasteiger partial charge in [0.05, 0.1) is 6.04 Å². The first-order valence-electron chi connectivity index (χ1n) is 11.2. The number of hydrogen-bond donors (Lipinski definition) is 1. The SMILES string of the molecule is CCCCCCCCNC(=O)N1CCN(c2ccc(F)cc2)CC1CCCC.Cl. The van der Waals surface area contributed by atoms with Crippen molar-refractivity contribution < 1.29 is 9.18 Å². The third kappa shape index (κ3) is 8.81. The molecule has 0 aromatic heterocycles. The second kappa shape index (κ2) is 14.5. The van der Waals surface area contributed by atoms with Crippen molar-refractivity contribution in [3.63, 3.8) is 0 Å². The van der Waals surface area contributed by atoms with Gasteiger partial charge in [-0.1, -0.05) is 58.8 Å². The van der Waals surface area contributed by atoms with E-state index in [0.717, 1.165) is 51.0 Å². The minimum absolute atomic E-state index is 0. The van der Waals surface area contributed by atoms with E-state index in [1.807, 2.05) is 17.0 Å². The molecule has 0 aliphatic carbocycles. The summed E-state index contributed by atoms with van der Waals surface area (Å²) in [5, 5.41) is 3.13. The van der Waals surface area contributed by atoms with Gasteiger partial charge in [0.1, 0.15) is 5.82 Å². The van der Waals surface area contributed by atoms with Crippen LogP contribution in [0.1, 0.15) is 71.6 Å². The summed E-state index contributed by atoms with van der Waals surface area (Å²) in [4.78, 5) is 17.0. The van der Waals surface area contributed by atoms with Crippen LogP contribution < -0.4 is 10.2 Å². The minimum atomic E-state index is -0.209. The van der Waals surface area contributed by atoms with Gasteiger partial charge in [0.25, 0.3) is 0 Å². The number of anilines is 1. The molecule has 1 aromatic rings. The summed E-state index contributed by atoms with van der Waals surface area (Å²) < 4.78 is 13.2. The van der Waals surface area contributed by atoms with Crippen molar-refractivity contribution in [1.82, 2.24) is 10.2 Å². The number of halogens is 2. The van der Waals surface area contributed by atoms with E-state index in [2.05, 4.69) is 24.1 Å². The Morgan fingerprint density at radius 3 is 2.34 bits per heavy atom. The maximum Gasteiger partial charge on any atom is 0.317 e. The zero-order chi connectivity index (χ0) is 20.2. The van der Waals surface area contributed by atoms with Gasteiger partial charge in [0.15, 0.2) is 0 Å². The maximum atomic E-state index is 13.2. The quantitative estimate of drug-likeness (QED) is 0.439. The summed E-state index contributed by atoms with van der Waals surface area (Å²) in [6.07, 6.45) is 10.6. The average molecular weight is 428 g/mol. The van der Waals surface area contributed by atoms with Crippen LogP contribution in [0.25, 0.3) is 0 Å². The number of benzene rings is 1. The molecule has 2 rings (SSSR count). The van der Waals surface area contributed by atoms with Gasteiger partial charge in [-0.3, -0.25) is 0 Å². The number of rotatable bonds is 11. The molecular weight excluding hydrogens is 389 g/mol. The molecule has 0 spiro atoms. The minimum Gasteiger partial charge on any atom is -0.368 e. The average Bonchev–Trinajstić information content (AvgIpc) is 2.71. The number of unbranched alkanes of at least 4 members (excludes halogenated alkanes) is 6. The molecule has 4 nitrogen and oxygen atoms in total. The van der Waals surface area contributed by atoms with Crippen LogP contribution >= 0.6 is 12.4 Å². The van der Waals surface area contributed by atoms with E-state index in [0.29, 0.717) is 6.54 Å². The van der Waals surface area contributed by atoms with Gasteiger partial charge in [-0.25, -0.2) is 9.18 Å². The highest BCUT2D eigenvalue weighted by Crippen LogP contribution is 2.22. The Morgan fingerprint density at radius 1 is 1.00 bits per heavy atom. The normalized spacial score (nSPS) is 16.4. The second-order valence-corrected chi connectivity index (χ2v) is 7.91. The first-order chi connectivity index (χ1) is 13.7. The maximum absolute atomic E-state index is 13.2. The molecule has 166 valence electrons. The summed E-state index contributed by atoms with van der Waals surface area (Å²) >= 11 is 0. The lowest BCUT2D eigenvalue weighted by Gasteiger charge is -2.42. The standard InChI is InChI=1S/C23H38FN3O.ClH/c1-3-5-7-8-9-10-16-25-23(28)27-18-17-26(19-22(27)11-6-4-2)21-14-12-20(24)13-15-21;/h12-15,22H,3-11,16-19H2,1-2H3,(H,25,28);1H. The van der Waals surface area contributed by atoms with Crippen LogP contribution in [-0.4, -0.2) is 43.2 Å². The Hall–Kier alpha value is -1.49. The molecule has 1 unspecified atom stereocenters. The summed E-state index contributed by atoms with van der Waals surface area (Å²) in [6, 6.07) is 6.98. The molecule has 1 heterocycles. The van der Waals surface area contributed by atoms with Crippen LogP contribution in [-0.2, 0) is 0 Å². The summed E-state index contributed by atoms with van der Waals surface area (Å²) in [7, 11) is 0. The number of amides is 2. The van der Waals surface area contributed by atoms with Gasteiger partial charge >= 0.3 is 6.03 Å². The molecule has 1 atom stereocenters. The molecule has 1 aromatic carbocycles. The summed E-state index contributed by atoms with van der Waals surface area (Å²) in [6.45, 7) is 7.50. The molecule has 2 amide bonds. The number of carbonyl (C=O) groups is 1. The Kier molecular flexibility index (Phi) is 12.8. The molecule has 1 saturated heterocycles. The Balaban J connectivity index is 0.00000420. The largest absolute Gasteiger partial charge is 0.368 e. The highest BCUT2D eigenvalue weighted by Gasteiger charge is 2.30. The first-order valence-corrected chi connectivity index (χ1v) is 11.2.